The molecule has 2 aromatic rings. The van der Waals surface area contributed by atoms with Crippen LogP contribution in [0.2, 0.25) is 0 Å². The van der Waals surface area contributed by atoms with E-state index in [9.17, 15) is 13.2 Å². The molecule has 0 aliphatic carbocycles. The molecule has 0 N–H and O–H groups in total. The van der Waals surface area contributed by atoms with Crippen molar-refractivity contribution in [3.63, 3.8) is 0 Å². The molecule has 0 saturated carbocycles. The third-order valence-corrected chi connectivity index (χ3v) is 6.68. The predicted octanol–water partition coefficient (Wildman–Crippen LogP) is 3.63. The molecule has 0 radical (unpaired) electrons. The second-order valence-corrected chi connectivity index (χ2v) is 8.70. The first-order chi connectivity index (χ1) is 12.4. The molecule has 1 aliphatic heterocycles. The zero-order valence-corrected chi connectivity index (χ0v) is 15.8. The zero-order chi connectivity index (χ0) is 18.7. The number of sulfonamides is 1. The molecule has 138 valence electrons. The van der Waals surface area contributed by atoms with Crippen molar-refractivity contribution in [2.45, 2.75) is 31.6 Å². The van der Waals surface area contributed by atoms with Gasteiger partial charge in [0.2, 0.25) is 10.0 Å². The van der Waals surface area contributed by atoms with Crippen LogP contribution in [0.3, 0.4) is 0 Å². The highest BCUT2D eigenvalue weighted by molar-refractivity contribution is 7.89. The minimum absolute atomic E-state index is 0.208. The van der Waals surface area contributed by atoms with E-state index in [2.05, 4.69) is 6.92 Å². The highest BCUT2D eigenvalue weighted by Crippen LogP contribution is 2.24. The summed E-state index contributed by atoms with van der Waals surface area (Å²) in [4.78, 5) is 12.5. The summed E-state index contributed by atoms with van der Waals surface area (Å²) in [5.74, 6) is 0.548. The second-order valence-electron chi connectivity index (χ2n) is 6.77. The van der Waals surface area contributed by atoms with E-state index in [0.29, 0.717) is 30.3 Å². The van der Waals surface area contributed by atoms with Crippen LogP contribution in [-0.4, -0.2) is 31.8 Å². The average molecular weight is 373 g/mol. The monoisotopic (exact) mass is 373 g/mol. The largest absolute Gasteiger partial charge is 0.423 e. The van der Waals surface area contributed by atoms with Crippen molar-refractivity contribution in [1.29, 1.82) is 0 Å². The van der Waals surface area contributed by atoms with Gasteiger partial charge < -0.3 is 4.74 Å². The van der Waals surface area contributed by atoms with Crippen molar-refractivity contribution in [2.24, 2.45) is 5.92 Å². The highest BCUT2D eigenvalue weighted by atomic mass is 32.2. The van der Waals surface area contributed by atoms with Crippen LogP contribution in [0.5, 0.6) is 5.75 Å². The van der Waals surface area contributed by atoms with E-state index in [1.807, 2.05) is 19.1 Å². The van der Waals surface area contributed by atoms with Gasteiger partial charge in [0.1, 0.15) is 5.75 Å². The van der Waals surface area contributed by atoms with Crippen LogP contribution < -0.4 is 4.74 Å². The third kappa shape index (κ3) is 3.97. The number of benzene rings is 2. The number of nitrogens with zero attached hydrogens (tertiary/aromatic N) is 1. The summed E-state index contributed by atoms with van der Waals surface area (Å²) < 4.78 is 32.3. The van der Waals surface area contributed by atoms with E-state index >= 15 is 0 Å². The van der Waals surface area contributed by atoms with Crippen LogP contribution in [0.1, 0.15) is 35.7 Å². The lowest BCUT2D eigenvalue weighted by Crippen LogP contribution is -2.37. The van der Waals surface area contributed by atoms with Crippen LogP contribution in [0, 0.1) is 12.8 Å². The number of para-hydroxylation sites is 1. The topological polar surface area (TPSA) is 63.7 Å². The Labute approximate surface area is 154 Å². The quantitative estimate of drug-likeness (QED) is 0.606. The first-order valence-corrected chi connectivity index (χ1v) is 10.2. The summed E-state index contributed by atoms with van der Waals surface area (Å²) in [5, 5.41) is 0. The van der Waals surface area contributed by atoms with Crippen LogP contribution in [0.25, 0.3) is 0 Å². The first kappa shape index (κ1) is 18.6. The van der Waals surface area contributed by atoms with Crippen molar-refractivity contribution in [2.75, 3.05) is 13.1 Å². The van der Waals surface area contributed by atoms with Gasteiger partial charge in [-0.1, -0.05) is 25.1 Å². The fraction of sp³-hybridized carbons (Fsp3) is 0.350. The summed E-state index contributed by atoms with van der Waals surface area (Å²) >= 11 is 0. The van der Waals surface area contributed by atoms with Gasteiger partial charge in [0, 0.05) is 13.1 Å². The number of carbonyl (C=O) groups excluding carboxylic acids is 1. The third-order valence-electron chi connectivity index (χ3n) is 4.77. The number of hydrogen-bond acceptors (Lipinski definition) is 4. The summed E-state index contributed by atoms with van der Waals surface area (Å²) in [6, 6.07) is 13.2. The fourth-order valence-corrected chi connectivity index (χ4v) is 4.44. The van der Waals surface area contributed by atoms with Gasteiger partial charge in [-0.15, -0.1) is 0 Å². The molecule has 0 spiro atoms. The summed E-state index contributed by atoms with van der Waals surface area (Å²) in [6.07, 6.45) is 1.75. The Morgan fingerprint density at radius 2 is 1.65 bits per heavy atom. The van der Waals surface area contributed by atoms with Crippen molar-refractivity contribution < 1.29 is 17.9 Å². The molecule has 0 unspecified atom stereocenters. The van der Waals surface area contributed by atoms with Gasteiger partial charge in [-0.2, -0.15) is 4.31 Å². The average Bonchev–Trinajstić information content (AvgIpc) is 2.64. The van der Waals surface area contributed by atoms with Crippen molar-refractivity contribution in [1.82, 2.24) is 4.31 Å². The Balaban J connectivity index is 1.74. The van der Waals surface area contributed by atoms with Crippen LogP contribution >= 0.6 is 0 Å². The molecule has 0 atom stereocenters. The molecule has 1 heterocycles. The lowest BCUT2D eigenvalue weighted by atomic mass is 10.0. The molecule has 0 amide bonds. The van der Waals surface area contributed by atoms with Crippen LogP contribution in [0.4, 0.5) is 0 Å². The molecule has 3 rings (SSSR count). The van der Waals surface area contributed by atoms with Crippen molar-refractivity contribution >= 4 is 16.0 Å². The number of ether oxygens (including phenoxy) is 1. The SMILES string of the molecule is Cc1ccccc1OC(=O)c1ccc(S(=O)(=O)N2CCC(C)CC2)cc1. The van der Waals surface area contributed by atoms with Gasteiger partial charge in [-0.3, -0.25) is 0 Å². The lowest BCUT2D eigenvalue weighted by Gasteiger charge is -2.29. The molecule has 26 heavy (non-hydrogen) atoms. The second kappa shape index (κ2) is 7.60. The van der Waals surface area contributed by atoms with E-state index in [4.69, 9.17) is 4.74 Å². The van der Waals surface area contributed by atoms with Gasteiger partial charge in [-0.05, 0) is 61.6 Å². The standard InChI is InChI=1S/C20H23NO4S/c1-15-11-13-21(14-12-15)26(23,24)18-9-7-17(8-10-18)20(22)25-19-6-4-3-5-16(19)2/h3-10,15H,11-14H2,1-2H3. The number of rotatable bonds is 4. The Bertz CT molecular complexity index is 882. The van der Waals surface area contributed by atoms with Gasteiger partial charge in [0.25, 0.3) is 0 Å². The number of aryl methyl sites for hydroxylation is 1. The van der Waals surface area contributed by atoms with E-state index in [1.54, 1.807) is 12.1 Å². The molecule has 0 bridgehead atoms. The number of piperidine rings is 1. The Morgan fingerprint density at radius 3 is 2.27 bits per heavy atom. The maximum atomic E-state index is 12.7. The predicted molar refractivity (Wildman–Crippen MR) is 99.7 cm³/mol. The van der Waals surface area contributed by atoms with Gasteiger partial charge in [0.05, 0.1) is 10.5 Å². The van der Waals surface area contributed by atoms with E-state index < -0.39 is 16.0 Å². The summed E-state index contributed by atoms with van der Waals surface area (Å²) in [6.45, 7) is 5.08. The molecule has 0 aromatic heterocycles. The van der Waals surface area contributed by atoms with E-state index in [0.717, 1.165) is 18.4 Å². The molecule has 1 saturated heterocycles. The van der Waals surface area contributed by atoms with E-state index in [1.165, 1.54) is 28.6 Å². The normalized spacial score (nSPS) is 16.4. The minimum atomic E-state index is -3.51. The van der Waals surface area contributed by atoms with Crippen molar-refractivity contribution in [3.05, 3.63) is 59.7 Å². The van der Waals surface area contributed by atoms with Crippen LogP contribution in [-0.2, 0) is 10.0 Å². The summed E-state index contributed by atoms with van der Waals surface area (Å²) in [5.41, 5.74) is 1.18. The molecule has 6 heteroatoms. The Hall–Kier alpha value is -2.18. The van der Waals surface area contributed by atoms with Gasteiger partial charge in [-0.25, -0.2) is 13.2 Å². The fourth-order valence-electron chi connectivity index (χ4n) is 2.97. The number of carbonyl (C=O) groups is 1. The zero-order valence-electron chi connectivity index (χ0n) is 15.0. The van der Waals surface area contributed by atoms with Crippen molar-refractivity contribution in [3.8, 4) is 5.75 Å². The molecule has 1 fully saturated rings. The Kier molecular flexibility index (Phi) is 5.44. The maximum Gasteiger partial charge on any atom is 0.343 e. The van der Waals surface area contributed by atoms with E-state index in [-0.39, 0.29) is 4.90 Å². The lowest BCUT2D eigenvalue weighted by molar-refractivity contribution is 0.0733. The smallest absolute Gasteiger partial charge is 0.343 e. The summed E-state index contributed by atoms with van der Waals surface area (Å²) in [7, 11) is -3.51. The minimum Gasteiger partial charge on any atom is -0.423 e. The molecule has 5 nitrogen and oxygen atoms in total. The molecule has 1 aliphatic rings. The number of esters is 1. The van der Waals surface area contributed by atoms with Crippen LogP contribution in [0.15, 0.2) is 53.4 Å². The first-order valence-electron chi connectivity index (χ1n) is 8.76. The van der Waals surface area contributed by atoms with Gasteiger partial charge >= 0.3 is 5.97 Å². The number of hydrogen-bond donors (Lipinski definition) is 0. The highest BCUT2D eigenvalue weighted by Gasteiger charge is 2.28. The maximum absolute atomic E-state index is 12.7. The van der Waals surface area contributed by atoms with Gasteiger partial charge in [0.15, 0.2) is 0 Å². The molecular formula is C20H23NO4S. The molecular weight excluding hydrogens is 350 g/mol. The molecule has 2 aromatic carbocycles. The Morgan fingerprint density at radius 1 is 1.04 bits per heavy atom.